The molecule has 0 radical (unpaired) electrons. The molecule has 2 rings (SSSR count). The summed E-state index contributed by atoms with van der Waals surface area (Å²) < 4.78 is 0. The van der Waals surface area contributed by atoms with Crippen LogP contribution in [0.15, 0.2) is 35.0 Å². The first-order valence-corrected chi connectivity index (χ1v) is 6.58. The quantitative estimate of drug-likeness (QED) is 0.843. The van der Waals surface area contributed by atoms with Gasteiger partial charge in [-0.2, -0.15) is 11.3 Å². The van der Waals surface area contributed by atoms with Gasteiger partial charge in [0.25, 0.3) is 0 Å². The van der Waals surface area contributed by atoms with Gasteiger partial charge >= 0.3 is 0 Å². The van der Waals surface area contributed by atoms with Crippen molar-refractivity contribution >= 4 is 11.3 Å². The number of rotatable bonds is 4. The fourth-order valence-electron chi connectivity index (χ4n) is 1.71. The normalized spacial score (nSPS) is 10.6. The SMILES string of the molecule is CCNCc1cscc1-c1ccc(C)cc1. The molecule has 1 nitrogen and oxygen atoms in total. The van der Waals surface area contributed by atoms with Gasteiger partial charge in [0.05, 0.1) is 0 Å². The van der Waals surface area contributed by atoms with E-state index in [2.05, 4.69) is 54.2 Å². The van der Waals surface area contributed by atoms with Crippen molar-refractivity contribution in [3.8, 4) is 11.1 Å². The van der Waals surface area contributed by atoms with Crippen molar-refractivity contribution in [1.29, 1.82) is 0 Å². The molecule has 0 amide bonds. The van der Waals surface area contributed by atoms with Crippen LogP contribution in [-0.4, -0.2) is 6.54 Å². The first-order valence-electron chi connectivity index (χ1n) is 5.64. The van der Waals surface area contributed by atoms with E-state index in [0.29, 0.717) is 0 Å². The Kier molecular flexibility index (Phi) is 3.75. The molecule has 0 aliphatic carbocycles. The van der Waals surface area contributed by atoms with Gasteiger partial charge in [-0.1, -0.05) is 36.8 Å². The minimum absolute atomic E-state index is 0.962. The van der Waals surface area contributed by atoms with Crippen molar-refractivity contribution in [1.82, 2.24) is 5.32 Å². The smallest absolute Gasteiger partial charge is 0.0219 e. The summed E-state index contributed by atoms with van der Waals surface area (Å²) in [6, 6.07) is 8.74. The maximum atomic E-state index is 3.38. The summed E-state index contributed by atoms with van der Waals surface area (Å²) in [4.78, 5) is 0. The molecule has 0 atom stereocenters. The second kappa shape index (κ2) is 5.28. The van der Waals surface area contributed by atoms with Crippen LogP contribution in [0.1, 0.15) is 18.1 Å². The van der Waals surface area contributed by atoms with Gasteiger partial charge in [-0.15, -0.1) is 0 Å². The van der Waals surface area contributed by atoms with Gasteiger partial charge in [0.2, 0.25) is 0 Å². The molecule has 0 saturated heterocycles. The van der Waals surface area contributed by atoms with Crippen LogP contribution in [0.3, 0.4) is 0 Å². The summed E-state index contributed by atoms with van der Waals surface area (Å²) in [7, 11) is 0. The maximum absolute atomic E-state index is 3.38. The van der Waals surface area contributed by atoms with Gasteiger partial charge < -0.3 is 5.32 Å². The van der Waals surface area contributed by atoms with E-state index in [1.54, 1.807) is 11.3 Å². The molecule has 0 saturated carbocycles. The molecule has 0 aliphatic rings. The number of aryl methyl sites for hydroxylation is 1. The molecule has 2 aromatic rings. The van der Waals surface area contributed by atoms with Gasteiger partial charge in [0.15, 0.2) is 0 Å². The second-order valence-corrected chi connectivity index (χ2v) is 4.70. The molecule has 0 aliphatic heterocycles. The highest BCUT2D eigenvalue weighted by atomic mass is 32.1. The molecule has 1 heterocycles. The molecule has 1 aromatic carbocycles. The van der Waals surface area contributed by atoms with Gasteiger partial charge in [-0.05, 0) is 40.9 Å². The fraction of sp³-hybridized carbons (Fsp3) is 0.286. The molecule has 84 valence electrons. The van der Waals surface area contributed by atoms with E-state index in [9.17, 15) is 0 Å². The lowest BCUT2D eigenvalue weighted by molar-refractivity contribution is 0.729. The zero-order valence-corrected chi connectivity index (χ0v) is 10.6. The molecule has 0 fully saturated rings. The van der Waals surface area contributed by atoms with Crippen LogP contribution in [0.4, 0.5) is 0 Å². The van der Waals surface area contributed by atoms with Crippen molar-refractivity contribution in [3.05, 3.63) is 46.2 Å². The van der Waals surface area contributed by atoms with Crippen LogP contribution in [0.25, 0.3) is 11.1 Å². The largest absolute Gasteiger partial charge is 0.313 e. The number of hydrogen-bond donors (Lipinski definition) is 1. The minimum atomic E-state index is 0.962. The average Bonchev–Trinajstić information content (AvgIpc) is 2.75. The summed E-state index contributed by atoms with van der Waals surface area (Å²) in [5, 5.41) is 7.85. The monoisotopic (exact) mass is 231 g/mol. The number of nitrogens with one attached hydrogen (secondary N) is 1. The first-order chi connectivity index (χ1) is 7.81. The van der Waals surface area contributed by atoms with Crippen molar-refractivity contribution in [2.75, 3.05) is 6.54 Å². The molecule has 0 unspecified atom stereocenters. The lowest BCUT2D eigenvalue weighted by Crippen LogP contribution is -2.11. The van der Waals surface area contributed by atoms with E-state index < -0.39 is 0 Å². The zero-order valence-electron chi connectivity index (χ0n) is 9.79. The Hall–Kier alpha value is -1.12. The summed E-state index contributed by atoms with van der Waals surface area (Å²) in [6.45, 7) is 6.24. The lowest BCUT2D eigenvalue weighted by Gasteiger charge is -2.05. The second-order valence-electron chi connectivity index (χ2n) is 3.96. The summed E-state index contributed by atoms with van der Waals surface area (Å²) in [6.07, 6.45) is 0. The van der Waals surface area contributed by atoms with E-state index in [1.807, 2.05) is 0 Å². The molecule has 0 spiro atoms. The predicted molar refractivity (Wildman–Crippen MR) is 71.9 cm³/mol. The van der Waals surface area contributed by atoms with Crippen LogP contribution in [0.2, 0.25) is 0 Å². The van der Waals surface area contributed by atoms with Crippen LogP contribution < -0.4 is 5.32 Å². The molecule has 1 aromatic heterocycles. The number of benzene rings is 1. The summed E-state index contributed by atoms with van der Waals surface area (Å²) in [5.74, 6) is 0. The molecule has 2 heteroatoms. The van der Waals surface area contributed by atoms with Crippen molar-refractivity contribution in [2.45, 2.75) is 20.4 Å². The Morgan fingerprint density at radius 3 is 2.56 bits per heavy atom. The maximum Gasteiger partial charge on any atom is 0.0219 e. The molecule has 1 N–H and O–H groups in total. The standard InChI is InChI=1S/C14H17NS/c1-3-15-8-13-9-16-10-14(13)12-6-4-11(2)5-7-12/h4-7,9-10,15H,3,8H2,1-2H3. The Labute approximate surface area is 101 Å². The predicted octanol–water partition coefficient (Wildman–Crippen LogP) is 3.83. The number of hydrogen-bond acceptors (Lipinski definition) is 2. The summed E-state index contributed by atoms with van der Waals surface area (Å²) in [5.41, 5.74) is 5.40. The summed E-state index contributed by atoms with van der Waals surface area (Å²) >= 11 is 1.78. The topological polar surface area (TPSA) is 12.0 Å². The molecule has 0 bridgehead atoms. The van der Waals surface area contributed by atoms with Crippen molar-refractivity contribution in [2.24, 2.45) is 0 Å². The van der Waals surface area contributed by atoms with Crippen LogP contribution in [0, 0.1) is 6.92 Å². The van der Waals surface area contributed by atoms with Gasteiger partial charge in [-0.25, -0.2) is 0 Å². The van der Waals surface area contributed by atoms with E-state index in [4.69, 9.17) is 0 Å². The third-order valence-electron chi connectivity index (χ3n) is 2.67. The van der Waals surface area contributed by atoms with Crippen LogP contribution >= 0.6 is 11.3 Å². The van der Waals surface area contributed by atoms with E-state index in [-0.39, 0.29) is 0 Å². The van der Waals surface area contributed by atoms with Crippen LogP contribution in [-0.2, 0) is 6.54 Å². The van der Waals surface area contributed by atoms with Crippen molar-refractivity contribution in [3.63, 3.8) is 0 Å². The van der Waals surface area contributed by atoms with Gasteiger partial charge in [0.1, 0.15) is 0 Å². The Balaban J connectivity index is 2.26. The Bertz CT molecular complexity index is 442. The Morgan fingerprint density at radius 2 is 1.88 bits per heavy atom. The first kappa shape index (κ1) is 11.4. The van der Waals surface area contributed by atoms with E-state index in [0.717, 1.165) is 13.1 Å². The number of thiophene rings is 1. The third-order valence-corrected chi connectivity index (χ3v) is 3.46. The fourth-order valence-corrected chi connectivity index (χ4v) is 2.57. The molecular weight excluding hydrogens is 214 g/mol. The molecule has 16 heavy (non-hydrogen) atoms. The highest BCUT2D eigenvalue weighted by Crippen LogP contribution is 2.27. The minimum Gasteiger partial charge on any atom is -0.313 e. The average molecular weight is 231 g/mol. The zero-order chi connectivity index (χ0) is 11.4. The van der Waals surface area contributed by atoms with Crippen molar-refractivity contribution < 1.29 is 0 Å². The van der Waals surface area contributed by atoms with E-state index in [1.165, 1.54) is 22.3 Å². The van der Waals surface area contributed by atoms with E-state index >= 15 is 0 Å². The Morgan fingerprint density at radius 1 is 1.12 bits per heavy atom. The lowest BCUT2D eigenvalue weighted by atomic mass is 10.0. The molecular formula is C14H17NS. The third kappa shape index (κ3) is 2.52. The van der Waals surface area contributed by atoms with Gasteiger partial charge in [0, 0.05) is 6.54 Å². The highest BCUT2D eigenvalue weighted by Gasteiger charge is 2.05. The van der Waals surface area contributed by atoms with Crippen LogP contribution in [0.5, 0.6) is 0 Å². The van der Waals surface area contributed by atoms with Gasteiger partial charge in [-0.3, -0.25) is 0 Å². The highest BCUT2D eigenvalue weighted by molar-refractivity contribution is 7.08.